The summed E-state index contributed by atoms with van der Waals surface area (Å²) in [5, 5.41) is 0.510. The van der Waals surface area contributed by atoms with Crippen molar-refractivity contribution in [1.29, 1.82) is 0 Å². The summed E-state index contributed by atoms with van der Waals surface area (Å²) in [6.45, 7) is 1.93. The van der Waals surface area contributed by atoms with Gasteiger partial charge in [-0.05, 0) is 43.4 Å². The molecule has 3 rings (SSSR count). The highest BCUT2D eigenvalue weighted by Crippen LogP contribution is 2.13. The second-order valence-electron chi connectivity index (χ2n) is 4.43. The Hall–Kier alpha value is -1.98. The number of hydrogen-bond acceptors (Lipinski definition) is 3. The second kappa shape index (κ2) is 4.85. The standard InChI is InChI=1S/C14H10ClN3OS/c1-9-3-2-4-10(7-9)13(19)18-14(20)16-12-6-5-11(15)8-17(12)18/h2-8H,1H3. The molecule has 100 valence electrons. The molecular formula is C14H10ClN3OS. The van der Waals surface area contributed by atoms with Crippen LogP contribution < -0.4 is 0 Å². The van der Waals surface area contributed by atoms with Crippen molar-refractivity contribution in [3.63, 3.8) is 0 Å². The van der Waals surface area contributed by atoms with Crippen molar-refractivity contribution < 1.29 is 4.79 Å². The molecular weight excluding hydrogens is 294 g/mol. The van der Waals surface area contributed by atoms with Crippen molar-refractivity contribution in [2.75, 3.05) is 0 Å². The topological polar surface area (TPSA) is 39.3 Å². The molecule has 0 saturated carbocycles. The fourth-order valence-corrected chi connectivity index (χ4v) is 2.45. The fourth-order valence-electron chi connectivity index (χ4n) is 2.03. The second-order valence-corrected chi connectivity index (χ2v) is 5.23. The maximum atomic E-state index is 12.6. The highest BCUT2D eigenvalue weighted by molar-refractivity contribution is 7.71. The van der Waals surface area contributed by atoms with E-state index in [1.165, 1.54) is 4.68 Å². The van der Waals surface area contributed by atoms with Gasteiger partial charge in [0.15, 0.2) is 5.65 Å². The third kappa shape index (κ3) is 2.15. The Morgan fingerprint density at radius 3 is 2.85 bits per heavy atom. The lowest BCUT2D eigenvalue weighted by atomic mass is 10.1. The number of aryl methyl sites for hydroxylation is 1. The van der Waals surface area contributed by atoms with Gasteiger partial charge in [0.1, 0.15) is 0 Å². The number of pyridine rings is 1. The van der Waals surface area contributed by atoms with E-state index in [1.807, 2.05) is 25.1 Å². The average molecular weight is 304 g/mol. The van der Waals surface area contributed by atoms with Crippen LogP contribution in [0.3, 0.4) is 0 Å². The van der Waals surface area contributed by atoms with Gasteiger partial charge in [0.05, 0.1) is 5.02 Å². The molecule has 2 aromatic heterocycles. The van der Waals surface area contributed by atoms with Gasteiger partial charge in [-0.15, -0.1) is 0 Å². The summed E-state index contributed by atoms with van der Waals surface area (Å²) in [6, 6.07) is 10.8. The normalized spacial score (nSPS) is 10.9. The van der Waals surface area contributed by atoms with Crippen molar-refractivity contribution in [3.8, 4) is 0 Å². The van der Waals surface area contributed by atoms with Gasteiger partial charge in [-0.3, -0.25) is 4.79 Å². The van der Waals surface area contributed by atoms with Crippen molar-refractivity contribution in [3.05, 3.63) is 63.5 Å². The molecule has 0 spiro atoms. The van der Waals surface area contributed by atoms with Crippen molar-refractivity contribution in [2.24, 2.45) is 0 Å². The smallest absolute Gasteiger partial charge is 0.267 e. The van der Waals surface area contributed by atoms with Crippen LogP contribution in [-0.4, -0.2) is 20.1 Å². The van der Waals surface area contributed by atoms with Crippen LogP contribution in [0.1, 0.15) is 15.9 Å². The molecule has 0 unspecified atom stereocenters. The fraction of sp³-hybridized carbons (Fsp3) is 0.0714. The highest BCUT2D eigenvalue weighted by atomic mass is 35.5. The maximum absolute atomic E-state index is 12.6. The van der Waals surface area contributed by atoms with Gasteiger partial charge in [0, 0.05) is 11.8 Å². The molecule has 0 radical (unpaired) electrons. The van der Waals surface area contributed by atoms with Gasteiger partial charge in [-0.25, -0.2) is 4.52 Å². The minimum Gasteiger partial charge on any atom is -0.267 e. The largest absolute Gasteiger partial charge is 0.279 e. The monoisotopic (exact) mass is 303 g/mol. The number of aromatic nitrogens is 3. The summed E-state index contributed by atoms with van der Waals surface area (Å²) >= 11 is 11.1. The molecule has 0 atom stereocenters. The maximum Gasteiger partial charge on any atom is 0.279 e. The predicted octanol–water partition coefficient (Wildman–Crippen LogP) is 3.52. The molecule has 20 heavy (non-hydrogen) atoms. The van der Waals surface area contributed by atoms with Gasteiger partial charge >= 0.3 is 0 Å². The SMILES string of the molecule is Cc1cccc(C(=O)n2c(=S)nc3ccc(Cl)cn32)c1. The number of benzene rings is 1. The van der Waals surface area contributed by atoms with Gasteiger partial charge in [-0.2, -0.15) is 9.67 Å². The molecule has 0 N–H and O–H groups in total. The molecule has 0 aliphatic carbocycles. The number of carbonyl (C=O) groups excluding carboxylic acids is 1. The summed E-state index contributed by atoms with van der Waals surface area (Å²) in [5.41, 5.74) is 2.15. The Balaban J connectivity index is 2.24. The van der Waals surface area contributed by atoms with Gasteiger partial charge in [0.2, 0.25) is 4.77 Å². The molecule has 3 aromatic rings. The molecule has 0 amide bonds. The molecule has 1 aromatic carbocycles. The number of nitrogens with zero attached hydrogens (tertiary/aromatic N) is 3. The Labute approximate surface area is 125 Å². The Kier molecular flexibility index (Phi) is 3.16. The molecule has 0 bridgehead atoms. The minimum atomic E-state index is -0.228. The van der Waals surface area contributed by atoms with Gasteiger partial charge in [0.25, 0.3) is 5.91 Å². The van der Waals surface area contributed by atoms with Crippen LogP contribution in [0.2, 0.25) is 5.02 Å². The van der Waals surface area contributed by atoms with E-state index in [9.17, 15) is 4.79 Å². The van der Waals surface area contributed by atoms with Gasteiger partial charge in [-0.1, -0.05) is 29.3 Å². The first-order chi connectivity index (χ1) is 9.56. The number of rotatable bonds is 1. The predicted molar refractivity (Wildman–Crippen MR) is 79.9 cm³/mol. The number of hydrogen-bond donors (Lipinski definition) is 0. The number of fused-ring (bicyclic) bond motifs is 1. The van der Waals surface area contributed by atoms with Crippen LogP contribution in [0.15, 0.2) is 42.6 Å². The van der Waals surface area contributed by atoms with Gasteiger partial charge < -0.3 is 0 Å². The first-order valence-electron chi connectivity index (χ1n) is 5.94. The summed E-state index contributed by atoms with van der Waals surface area (Å²) in [6.07, 6.45) is 1.62. The lowest BCUT2D eigenvalue weighted by molar-refractivity contribution is 0.0938. The van der Waals surface area contributed by atoms with Crippen LogP contribution >= 0.6 is 23.8 Å². The van der Waals surface area contributed by atoms with Crippen LogP contribution in [0, 0.1) is 11.7 Å². The van der Waals surface area contributed by atoms with Crippen LogP contribution in [0.4, 0.5) is 0 Å². The number of carbonyl (C=O) groups is 1. The summed E-state index contributed by atoms with van der Waals surface area (Å²) in [5.74, 6) is -0.228. The first-order valence-corrected chi connectivity index (χ1v) is 6.73. The Morgan fingerprint density at radius 2 is 2.10 bits per heavy atom. The quantitative estimate of drug-likeness (QED) is 0.646. The van der Waals surface area contributed by atoms with E-state index in [1.54, 1.807) is 28.9 Å². The van der Waals surface area contributed by atoms with Crippen LogP contribution in [0.25, 0.3) is 5.65 Å². The van der Waals surface area contributed by atoms with E-state index >= 15 is 0 Å². The van der Waals surface area contributed by atoms with E-state index < -0.39 is 0 Å². The van der Waals surface area contributed by atoms with Crippen LogP contribution in [0.5, 0.6) is 0 Å². The van der Waals surface area contributed by atoms with E-state index in [0.29, 0.717) is 16.2 Å². The molecule has 2 heterocycles. The zero-order valence-electron chi connectivity index (χ0n) is 10.6. The molecule has 4 nitrogen and oxygen atoms in total. The first kappa shape index (κ1) is 13.0. The average Bonchev–Trinajstić information content (AvgIpc) is 2.73. The van der Waals surface area contributed by atoms with E-state index in [0.717, 1.165) is 5.56 Å². The van der Waals surface area contributed by atoms with E-state index in [2.05, 4.69) is 4.98 Å². The third-order valence-corrected chi connectivity index (χ3v) is 3.42. The summed E-state index contributed by atoms with van der Waals surface area (Å²) in [4.78, 5) is 16.8. The zero-order chi connectivity index (χ0) is 14.3. The molecule has 0 fully saturated rings. The zero-order valence-corrected chi connectivity index (χ0v) is 12.1. The van der Waals surface area contributed by atoms with Crippen molar-refractivity contribution in [1.82, 2.24) is 14.2 Å². The van der Waals surface area contributed by atoms with Crippen molar-refractivity contribution in [2.45, 2.75) is 6.92 Å². The highest BCUT2D eigenvalue weighted by Gasteiger charge is 2.14. The molecule has 0 aliphatic rings. The van der Waals surface area contributed by atoms with Crippen LogP contribution in [-0.2, 0) is 0 Å². The molecule has 0 aliphatic heterocycles. The summed E-state index contributed by atoms with van der Waals surface area (Å²) < 4.78 is 3.11. The number of halogens is 1. The molecule has 6 heteroatoms. The minimum absolute atomic E-state index is 0.207. The Bertz CT molecular complexity index is 882. The van der Waals surface area contributed by atoms with Crippen molar-refractivity contribution >= 4 is 35.4 Å². The summed E-state index contributed by atoms with van der Waals surface area (Å²) in [7, 11) is 0. The lowest BCUT2D eigenvalue weighted by Gasteiger charge is -2.05. The molecule has 0 saturated heterocycles. The van der Waals surface area contributed by atoms with E-state index in [4.69, 9.17) is 23.8 Å². The third-order valence-electron chi connectivity index (χ3n) is 2.94. The van der Waals surface area contributed by atoms with E-state index in [-0.39, 0.29) is 10.7 Å². The lowest BCUT2D eigenvalue weighted by Crippen LogP contribution is -2.17. The Morgan fingerprint density at radius 1 is 1.30 bits per heavy atom.